The average molecular weight is 344 g/mol. The molecule has 7 heteroatoms. The van der Waals surface area contributed by atoms with Crippen LogP contribution in [0.5, 0.6) is 0 Å². The number of anilines is 1. The van der Waals surface area contributed by atoms with E-state index in [0.29, 0.717) is 13.0 Å². The van der Waals surface area contributed by atoms with Crippen LogP contribution in [-0.2, 0) is 11.2 Å². The van der Waals surface area contributed by atoms with Crippen molar-refractivity contribution in [3.63, 3.8) is 0 Å². The highest BCUT2D eigenvalue weighted by Gasteiger charge is 2.54. The maximum Gasteiger partial charge on any atom is 0.322 e. The van der Waals surface area contributed by atoms with Crippen LogP contribution in [-0.4, -0.2) is 30.1 Å². The topological polar surface area (TPSA) is 99.3 Å². The normalized spacial score (nSPS) is 25.0. The van der Waals surface area contributed by atoms with Crippen molar-refractivity contribution in [1.82, 2.24) is 16.0 Å². The van der Waals surface area contributed by atoms with Gasteiger partial charge in [0, 0.05) is 18.2 Å². The summed E-state index contributed by atoms with van der Waals surface area (Å²) < 4.78 is 0. The molecule has 2 atom stereocenters. The third kappa shape index (κ3) is 3.31. The van der Waals surface area contributed by atoms with E-state index in [9.17, 15) is 14.4 Å². The molecule has 0 unspecified atom stereocenters. The number of imide groups is 1. The van der Waals surface area contributed by atoms with E-state index in [0.717, 1.165) is 24.9 Å². The first kappa shape index (κ1) is 17.3. The van der Waals surface area contributed by atoms with Crippen molar-refractivity contribution in [2.45, 2.75) is 45.1 Å². The van der Waals surface area contributed by atoms with Gasteiger partial charge in [0.2, 0.25) is 0 Å². The molecule has 1 aromatic rings. The fourth-order valence-electron chi connectivity index (χ4n) is 3.84. The van der Waals surface area contributed by atoms with Gasteiger partial charge in [0.15, 0.2) is 0 Å². The summed E-state index contributed by atoms with van der Waals surface area (Å²) in [5.41, 5.74) is 2.26. The first-order chi connectivity index (χ1) is 11.9. The quantitative estimate of drug-likeness (QED) is 0.629. The predicted octanol–water partition coefficient (Wildman–Crippen LogP) is 2.06. The molecule has 134 valence electrons. The molecule has 0 aromatic heterocycles. The zero-order valence-electron chi connectivity index (χ0n) is 14.6. The van der Waals surface area contributed by atoms with Crippen LogP contribution in [0.3, 0.4) is 0 Å². The second-order valence-corrected chi connectivity index (χ2v) is 6.80. The number of rotatable bonds is 4. The Kier molecular flexibility index (Phi) is 4.65. The number of benzene rings is 1. The van der Waals surface area contributed by atoms with E-state index in [1.807, 2.05) is 25.1 Å². The zero-order valence-corrected chi connectivity index (χ0v) is 14.6. The van der Waals surface area contributed by atoms with Gasteiger partial charge >= 0.3 is 12.1 Å². The molecule has 1 aromatic carbocycles. The Bertz CT molecular complexity index is 718. The second-order valence-electron chi connectivity index (χ2n) is 6.80. The molecule has 2 aliphatic rings. The number of urea groups is 2. The van der Waals surface area contributed by atoms with Gasteiger partial charge in [0.1, 0.15) is 5.54 Å². The number of hydrogen-bond donors (Lipinski definition) is 4. The number of hydrogen-bond acceptors (Lipinski definition) is 3. The van der Waals surface area contributed by atoms with Crippen LogP contribution in [0.15, 0.2) is 18.2 Å². The Hall–Kier alpha value is -2.57. The number of nitrogens with one attached hydrogen (secondary N) is 4. The monoisotopic (exact) mass is 344 g/mol. The van der Waals surface area contributed by atoms with Crippen LogP contribution >= 0.6 is 0 Å². The maximum absolute atomic E-state index is 12.2. The summed E-state index contributed by atoms with van der Waals surface area (Å²) in [4.78, 5) is 35.8. The van der Waals surface area contributed by atoms with Gasteiger partial charge < -0.3 is 16.0 Å². The molecule has 2 fully saturated rings. The Morgan fingerprint density at radius 1 is 1.36 bits per heavy atom. The van der Waals surface area contributed by atoms with E-state index in [1.54, 1.807) is 0 Å². The summed E-state index contributed by atoms with van der Waals surface area (Å²) in [7, 11) is 0. The second kappa shape index (κ2) is 6.74. The molecule has 0 bridgehead atoms. The van der Waals surface area contributed by atoms with E-state index in [1.165, 1.54) is 11.1 Å². The molecule has 5 amide bonds. The van der Waals surface area contributed by atoms with E-state index >= 15 is 0 Å². The van der Waals surface area contributed by atoms with Gasteiger partial charge in [-0.15, -0.1) is 0 Å². The summed E-state index contributed by atoms with van der Waals surface area (Å²) in [6, 6.07) is 5.07. The van der Waals surface area contributed by atoms with Crippen LogP contribution in [0.25, 0.3) is 0 Å². The lowest BCUT2D eigenvalue weighted by molar-refractivity contribution is -0.125. The smallest absolute Gasteiger partial charge is 0.322 e. The Morgan fingerprint density at radius 3 is 2.84 bits per heavy atom. The van der Waals surface area contributed by atoms with E-state index in [4.69, 9.17) is 0 Å². The van der Waals surface area contributed by atoms with Crippen LogP contribution in [0.2, 0.25) is 0 Å². The van der Waals surface area contributed by atoms with Crippen molar-refractivity contribution in [2.75, 3.05) is 11.9 Å². The molecule has 4 N–H and O–H groups in total. The number of carbonyl (C=O) groups excluding carboxylic acids is 3. The lowest BCUT2D eigenvalue weighted by Gasteiger charge is -2.28. The minimum atomic E-state index is -0.871. The molecule has 7 nitrogen and oxygen atoms in total. The fraction of sp³-hybridized carbons (Fsp3) is 0.500. The molecule has 0 radical (unpaired) electrons. The van der Waals surface area contributed by atoms with Crippen LogP contribution < -0.4 is 21.3 Å². The predicted molar refractivity (Wildman–Crippen MR) is 94.3 cm³/mol. The lowest BCUT2D eigenvalue weighted by atomic mass is 9.87. The summed E-state index contributed by atoms with van der Waals surface area (Å²) in [6.45, 7) is 4.46. The molecular weight excluding hydrogens is 320 g/mol. The SMILES string of the molecule is CCc1cc(NC(=O)NC[C@H]2CCC[C@@]23NC(=O)NC3=O)ccc1C. The van der Waals surface area contributed by atoms with E-state index < -0.39 is 11.6 Å². The summed E-state index contributed by atoms with van der Waals surface area (Å²) >= 11 is 0. The van der Waals surface area contributed by atoms with Crippen LogP contribution in [0.4, 0.5) is 15.3 Å². The first-order valence-electron chi connectivity index (χ1n) is 8.72. The molecule has 1 saturated carbocycles. The minimum Gasteiger partial charge on any atom is -0.337 e. The van der Waals surface area contributed by atoms with Gasteiger partial charge in [0.05, 0.1) is 0 Å². The van der Waals surface area contributed by atoms with Crippen molar-refractivity contribution in [1.29, 1.82) is 0 Å². The van der Waals surface area contributed by atoms with Crippen molar-refractivity contribution in [2.24, 2.45) is 5.92 Å². The summed E-state index contributed by atoms with van der Waals surface area (Å²) in [5.74, 6) is -0.387. The largest absolute Gasteiger partial charge is 0.337 e. The highest BCUT2D eigenvalue weighted by Crippen LogP contribution is 2.37. The molecule has 1 aliphatic carbocycles. The van der Waals surface area contributed by atoms with Crippen molar-refractivity contribution in [3.8, 4) is 0 Å². The standard InChI is InChI=1S/C18H24N4O3/c1-3-12-9-14(7-6-11(12)2)20-16(24)19-10-13-5-4-8-18(13)15(23)21-17(25)22-18/h6-7,9,13H,3-5,8,10H2,1-2H3,(H2,19,20,24)(H2,21,22,23,25)/t13-,18-/m1/s1. The van der Waals surface area contributed by atoms with Gasteiger partial charge in [0.25, 0.3) is 5.91 Å². The van der Waals surface area contributed by atoms with Crippen LogP contribution in [0.1, 0.15) is 37.3 Å². The van der Waals surface area contributed by atoms with E-state index in [2.05, 4.69) is 28.2 Å². The van der Waals surface area contributed by atoms with Gasteiger partial charge in [-0.1, -0.05) is 19.4 Å². The molecule has 1 saturated heterocycles. The average Bonchev–Trinajstić information content (AvgIpc) is 3.10. The lowest BCUT2D eigenvalue weighted by Crippen LogP contribution is -2.53. The zero-order chi connectivity index (χ0) is 18.0. The van der Waals surface area contributed by atoms with Crippen LogP contribution in [0, 0.1) is 12.8 Å². The highest BCUT2D eigenvalue weighted by atomic mass is 16.2. The molecule has 1 aliphatic heterocycles. The summed E-state index contributed by atoms with van der Waals surface area (Å²) in [5, 5.41) is 10.7. The molecule has 25 heavy (non-hydrogen) atoms. The van der Waals surface area contributed by atoms with Gasteiger partial charge in [-0.3, -0.25) is 10.1 Å². The van der Waals surface area contributed by atoms with Crippen molar-refractivity contribution >= 4 is 23.7 Å². The summed E-state index contributed by atoms with van der Waals surface area (Å²) in [6.07, 6.45) is 3.15. The number of aryl methyl sites for hydroxylation is 2. The van der Waals surface area contributed by atoms with Gasteiger partial charge in [-0.25, -0.2) is 9.59 Å². The van der Waals surface area contributed by atoms with E-state index in [-0.39, 0.29) is 17.9 Å². The van der Waals surface area contributed by atoms with Crippen molar-refractivity contribution in [3.05, 3.63) is 29.3 Å². The maximum atomic E-state index is 12.2. The Labute approximate surface area is 146 Å². The molecule has 1 heterocycles. The van der Waals surface area contributed by atoms with Gasteiger partial charge in [-0.05, 0) is 49.4 Å². The Morgan fingerprint density at radius 2 is 2.16 bits per heavy atom. The van der Waals surface area contributed by atoms with Gasteiger partial charge in [-0.2, -0.15) is 0 Å². The third-order valence-corrected chi connectivity index (χ3v) is 5.29. The molecule has 1 spiro atoms. The Balaban J connectivity index is 1.59. The minimum absolute atomic E-state index is 0.103. The third-order valence-electron chi connectivity index (χ3n) is 5.29. The van der Waals surface area contributed by atoms with Crippen molar-refractivity contribution < 1.29 is 14.4 Å². The number of amides is 5. The molecular formula is C18H24N4O3. The number of carbonyl (C=O) groups is 3. The highest BCUT2D eigenvalue weighted by molar-refractivity contribution is 6.07. The fourth-order valence-corrected chi connectivity index (χ4v) is 3.84. The first-order valence-corrected chi connectivity index (χ1v) is 8.72. The molecule has 3 rings (SSSR count).